The van der Waals surface area contributed by atoms with E-state index in [4.69, 9.17) is 4.74 Å². The minimum Gasteiger partial charge on any atom is -0.492 e. The lowest BCUT2D eigenvalue weighted by Crippen LogP contribution is -2.40. The van der Waals surface area contributed by atoms with Gasteiger partial charge in [-0.3, -0.25) is 19.3 Å². The number of carbonyl (C=O) groups excluding carboxylic acids is 3. The highest BCUT2D eigenvalue weighted by Crippen LogP contribution is 2.40. The van der Waals surface area contributed by atoms with Crippen LogP contribution in [-0.4, -0.2) is 67.1 Å². The number of fused-ring (bicyclic) bond motifs is 4. The molecule has 0 saturated carbocycles. The summed E-state index contributed by atoms with van der Waals surface area (Å²) in [5.41, 5.74) is 1.34. The molecule has 0 aromatic carbocycles. The molecule has 1 fully saturated rings. The standard InChI is InChI=1S/C15H18N2O4/c1-7-13(19)11-8-5-10(18)16(2)6-9(17(8)3)12(11)14(20)15(7)21-4/h8-9H,5-6H2,1-4H3. The van der Waals surface area contributed by atoms with E-state index in [0.717, 1.165) is 0 Å². The Morgan fingerprint density at radius 2 is 1.67 bits per heavy atom. The molecular weight excluding hydrogens is 272 g/mol. The molecule has 112 valence electrons. The Balaban J connectivity index is 2.15. The normalized spacial score (nSPS) is 30.1. The van der Waals surface area contributed by atoms with Gasteiger partial charge in [-0.05, 0) is 14.0 Å². The van der Waals surface area contributed by atoms with Gasteiger partial charge in [0.1, 0.15) is 0 Å². The maximum atomic E-state index is 12.7. The lowest BCUT2D eigenvalue weighted by molar-refractivity contribution is -0.130. The monoisotopic (exact) mass is 290 g/mol. The molecule has 0 N–H and O–H groups in total. The molecule has 1 amide bonds. The average molecular weight is 290 g/mol. The molecule has 0 aromatic rings. The molecule has 6 nitrogen and oxygen atoms in total. The number of rotatable bonds is 1. The molecule has 3 rings (SSSR count). The second-order valence-electron chi connectivity index (χ2n) is 5.82. The molecule has 2 bridgehead atoms. The van der Waals surface area contributed by atoms with E-state index in [1.807, 2.05) is 11.9 Å². The largest absolute Gasteiger partial charge is 0.492 e. The number of ether oxygens (including phenoxy) is 1. The van der Waals surface area contributed by atoms with Crippen LogP contribution in [0.25, 0.3) is 0 Å². The van der Waals surface area contributed by atoms with E-state index in [1.165, 1.54) is 7.11 Å². The molecule has 0 spiro atoms. The van der Waals surface area contributed by atoms with Gasteiger partial charge in [-0.25, -0.2) is 0 Å². The summed E-state index contributed by atoms with van der Waals surface area (Å²) in [6.07, 6.45) is 0.233. The van der Waals surface area contributed by atoms with Crippen LogP contribution in [0.5, 0.6) is 0 Å². The highest BCUT2D eigenvalue weighted by Gasteiger charge is 2.51. The first-order valence-corrected chi connectivity index (χ1v) is 6.92. The molecule has 0 aromatic heterocycles. The molecular formula is C15H18N2O4. The van der Waals surface area contributed by atoms with Gasteiger partial charge in [0, 0.05) is 42.8 Å². The van der Waals surface area contributed by atoms with Crippen molar-refractivity contribution in [1.82, 2.24) is 9.80 Å². The Labute approximate surface area is 123 Å². The molecule has 21 heavy (non-hydrogen) atoms. The molecule has 2 heterocycles. The van der Waals surface area contributed by atoms with Crippen molar-refractivity contribution >= 4 is 17.5 Å². The van der Waals surface area contributed by atoms with Crippen LogP contribution in [0.3, 0.4) is 0 Å². The van der Waals surface area contributed by atoms with E-state index in [-0.39, 0.29) is 41.7 Å². The van der Waals surface area contributed by atoms with Gasteiger partial charge in [-0.2, -0.15) is 0 Å². The molecule has 0 radical (unpaired) electrons. The first-order chi connectivity index (χ1) is 9.88. The molecule has 2 atom stereocenters. The Morgan fingerprint density at radius 3 is 2.29 bits per heavy atom. The van der Waals surface area contributed by atoms with Gasteiger partial charge in [-0.1, -0.05) is 0 Å². The van der Waals surface area contributed by atoms with Gasteiger partial charge >= 0.3 is 0 Å². The maximum absolute atomic E-state index is 12.7. The zero-order valence-electron chi connectivity index (χ0n) is 12.6. The fourth-order valence-electron chi connectivity index (χ4n) is 3.52. The minimum atomic E-state index is -0.313. The predicted octanol–water partition coefficient (Wildman–Crippen LogP) is -0.100. The lowest BCUT2D eigenvalue weighted by atomic mass is 9.84. The van der Waals surface area contributed by atoms with E-state index in [2.05, 4.69) is 0 Å². The molecule has 1 aliphatic carbocycles. The molecule has 1 saturated heterocycles. The second-order valence-corrected chi connectivity index (χ2v) is 5.82. The first kappa shape index (κ1) is 14.0. The van der Waals surface area contributed by atoms with Gasteiger partial charge in [0.15, 0.2) is 11.5 Å². The molecule has 6 heteroatoms. The fraction of sp³-hybridized carbons (Fsp3) is 0.533. The van der Waals surface area contributed by atoms with Crippen molar-refractivity contribution in [3.05, 3.63) is 22.5 Å². The van der Waals surface area contributed by atoms with Crippen LogP contribution in [-0.2, 0) is 19.1 Å². The van der Waals surface area contributed by atoms with E-state index >= 15 is 0 Å². The summed E-state index contributed by atoms with van der Waals surface area (Å²) in [7, 11) is 5.00. The zero-order chi connectivity index (χ0) is 15.5. The van der Waals surface area contributed by atoms with Crippen LogP contribution >= 0.6 is 0 Å². The van der Waals surface area contributed by atoms with Crippen molar-refractivity contribution in [3.63, 3.8) is 0 Å². The van der Waals surface area contributed by atoms with Crippen molar-refractivity contribution in [2.24, 2.45) is 0 Å². The van der Waals surface area contributed by atoms with Crippen molar-refractivity contribution in [2.75, 3.05) is 27.7 Å². The third-order valence-corrected chi connectivity index (χ3v) is 4.76. The quantitative estimate of drug-likeness (QED) is 0.631. The van der Waals surface area contributed by atoms with Crippen LogP contribution in [0, 0.1) is 0 Å². The summed E-state index contributed by atoms with van der Waals surface area (Å²) in [6, 6.07) is -0.552. The van der Waals surface area contributed by atoms with Gasteiger partial charge in [0.2, 0.25) is 11.7 Å². The number of ketones is 2. The van der Waals surface area contributed by atoms with E-state index in [1.54, 1.807) is 18.9 Å². The number of hydrogen-bond donors (Lipinski definition) is 0. The summed E-state index contributed by atoms with van der Waals surface area (Å²) in [5, 5.41) is 0. The summed E-state index contributed by atoms with van der Waals surface area (Å²) in [6.45, 7) is 2.02. The van der Waals surface area contributed by atoms with E-state index < -0.39 is 0 Å². The van der Waals surface area contributed by atoms with Crippen molar-refractivity contribution in [3.8, 4) is 0 Å². The highest BCUT2D eigenvalue weighted by atomic mass is 16.5. The summed E-state index contributed by atoms with van der Waals surface area (Å²) in [4.78, 5) is 40.9. The Bertz CT molecular complexity index is 632. The topological polar surface area (TPSA) is 66.9 Å². The molecule has 3 aliphatic rings. The number of carbonyl (C=O) groups is 3. The SMILES string of the molecule is COC1=C(C)C(=O)C2=C(C1=O)C1CN(C)C(=O)CC2N1C. The third kappa shape index (κ3) is 1.72. The Morgan fingerprint density at radius 1 is 1.05 bits per heavy atom. The fourth-order valence-corrected chi connectivity index (χ4v) is 3.52. The van der Waals surface area contributed by atoms with Gasteiger partial charge < -0.3 is 9.64 Å². The number of Topliss-reactive ketones (excluding diaryl/α,β-unsaturated/α-hetero) is 2. The average Bonchev–Trinajstić information content (AvgIpc) is 2.64. The Kier molecular flexibility index (Phi) is 3.02. The number of methoxy groups -OCH3 is 1. The van der Waals surface area contributed by atoms with Gasteiger partial charge in [-0.15, -0.1) is 0 Å². The first-order valence-electron chi connectivity index (χ1n) is 6.92. The number of amides is 1. The van der Waals surface area contributed by atoms with Crippen LogP contribution in [0.15, 0.2) is 22.5 Å². The van der Waals surface area contributed by atoms with Crippen LogP contribution < -0.4 is 0 Å². The molecule has 2 aliphatic heterocycles. The predicted molar refractivity (Wildman–Crippen MR) is 74.3 cm³/mol. The molecule has 2 unspecified atom stereocenters. The van der Waals surface area contributed by atoms with Crippen LogP contribution in [0.1, 0.15) is 13.3 Å². The second kappa shape index (κ2) is 4.53. The van der Waals surface area contributed by atoms with Gasteiger partial charge in [0.25, 0.3) is 0 Å². The minimum absolute atomic E-state index is 0.000296. The number of likely N-dealkylation sites (N-methyl/N-ethyl adjacent to an activating group) is 2. The zero-order valence-corrected chi connectivity index (χ0v) is 12.6. The summed E-state index contributed by atoms with van der Waals surface area (Å²) in [5.74, 6) is -0.252. The van der Waals surface area contributed by atoms with Gasteiger partial charge in [0.05, 0.1) is 13.2 Å². The smallest absolute Gasteiger partial charge is 0.226 e. The third-order valence-electron chi connectivity index (χ3n) is 4.76. The summed E-state index contributed by atoms with van der Waals surface area (Å²) < 4.78 is 5.13. The lowest BCUT2D eigenvalue weighted by Gasteiger charge is -2.26. The van der Waals surface area contributed by atoms with Crippen molar-refractivity contribution in [1.29, 1.82) is 0 Å². The van der Waals surface area contributed by atoms with E-state index in [0.29, 0.717) is 23.3 Å². The highest BCUT2D eigenvalue weighted by molar-refractivity contribution is 6.26. The number of allylic oxidation sites excluding steroid dienone is 2. The maximum Gasteiger partial charge on any atom is 0.226 e. The van der Waals surface area contributed by atoms with Crippen LogP contribution in [0.2, 0.25) is 0 Å². The van der Waals surface area contributed by atoms with Crippen LogP contribution in [0.4, 0.5) is 0 Å². The van der Waals surface area contributed by atoms with Crippen molar-refractivity contribution in [2.45, 2.75) is 25.4 Å². The number of hydrogen-bond acceptors (Lipinski definition) is 5. The summed E-state index contributed by atoms with van der Waals surface area (Å²) >= 11 is 0. The Hall–Kier alpha value is -1.95. The number of nitrogens with zero attached hydrogens (tertiary/aromatic N) is 2. The van der Waals surface area contributed by atoms with E-state index in [9.17, 15) is 14.4 Å². The van der Waals surface area contributed by atoms with Crippen molar-refractivity contribution < 1.29 is 19.1 Å².